The average Bonchev–Trinajstić information content (AvgIpc) is 2.98. The van der Waals surface area contributed by atoms with E-state index < -0.39 is 0 Å². The van der Waals surface area contributed by atoms with Crippen LogP contribution >= 0.6 is 0 Å². The Hall–Kier alpha value is -1.64. The van der Waals surface area contributed by atoms with Crippen LogP contribution in [0, 0.1) is 27.6 Å². The first-order chi connectivity index (χ1) is 13.8. The zero-order valence-corrected chi connectivity index (χ0v) is 18.3. The Morgan fingerprint density at radius 2 is 1.93 bits per heavy atom. The topological polar surface area (TPSA) is 38.7 Å². The molecule has 156 valence electrons. The molecular weight excluding hydrogens is 358 g/mol. The van der Waals surface area contributed by atoms with Crippen molar-refractivity contribution in [2.75, 3.05) is 0 Å². The summed E-state index contributed by atoms with van der Waals surface area (Å²) >= 11 is 0. The number of hydrogen-bond donors (Lipinski definition) is 0. The molecule has 0 amide bonds. The van der Waals surface area contributed by atoms with E-state index in [0.717, 1.165) is 29.6 Å². The minimum Gasteiger partial charge on any atom is -0.491 e. The van der Waals surface area contributed by atoms with E-state index in [1.54, 1.807) is 5.56 Å². The lowest BCUT2D eigenvalue weighted by atomic mass is 9.52. The minimum atomic E-state index is 0.00893. The molecule has 1 spiro atoms. The van der Waals surface area contributed by atoms with Gasteiger partial charge in [0.1, 0.15) is 12.1 Å². The predicted molar refractivity (Wildman–Crippen MR) is 117 cm³/mol. The van der Waals surface area contributed by atoms with Gasteiger partial charge in [-0.05, 0) is 85.8 Å². The minimum absolute atomic E-state index is 0.00893. The molecule has 29 heavy (non-hydrogen) atoms. The number of aryl methyl sites for hydroxylation is 1. The van der Waals surface area contributed by atoms with Crippen LogP contribution in [0.5, 0.6) is 0 Å². The van der Waals surface area contributed by atoms with Crippen molar-refractivity contribution >= 4 is 0 Å². The number of ether oxygens (including phenoxy) is 1. The quantitative estimate of drug-likeness (QED) is 0.513. The third kappa shape index (κ3) is 2.68. The second kappa shape index (κ2) is 6.43. The van der Waals surface area contributed by atoms with Crippen molar-refractivity contribution < 1.29 is 4.74 Å². The van der Waals surface area contributed by atoms with Gasteiger partial charge in [-0.2, -0.15) is 4.91 Å². The summed E-state index contributed by atoms with van der Waals surface area (Å²) in [4.78, 5) is 10.7. The molecule has 0 N–H and O–H groups in total. The number of rotatable bonds is 2. The highest BCUT2D eigenvalue weighted by atomic mass is 16.5. The molecule has 0 bridgehead atoms. The van der Waals surface area contributed by atoms with Crippen molar-refractivity contribution in [3.8, 4) is 0 Å². The Balaban J connectivity index is 1.44. The first kappa shape index (κ1) is 19.3. The second-order valence-corrected chi connectivity index (χ2v) is 11.1. The Morgan fingerprint density at radius 3 is 2.69 bits per heavy atom. The van der Waals surface area contributed by atoms with Crippen LogP contribution in [0.15, 0.2) is 35.7 Å². The van der Waals surface area contributed by atoms with Crippen molar-refractivity contribution in [1.82, 2.24) is 0 Å². The van der Waals surface area contributed by atoms with Gasteiger partial charge in [0.2, 0.25) is 0 Å². The SMILES string of the molecule is C=C1O[C@]2(CCC3C4CCc5cc(CN=O)ccc5C4CC[C@@]32C)CCC1(C)C. The van der Waals surface area contributed by atoms with Crippen LogP contribution in [-0.4, -0.2) is 5.60 Å². The lowest BCUT2D eigenvalue weighted by Crippen LogP contribution is -2.54. The molecule has 4 aliphatic rings. The molecule has 1 aromatic carbocycles. The van der Waals surface area contributed by atoms with E-state index in [0.29, 0.717) is 12.5 Å². The summed E-state index contributed by atoms with van der Waals surface area (Å²) in [6, 6.07) is 6.68. The van der Waals surface area contributed by atoms with E-state index in [2.05, 4.69) is 50.7 Å². The van der Waals surface area contributed by atoms with E-state index in [1.165, 1.54) is 50.5 Å². The van der Waals surface area contributed by atoms with Crippen LogP contribution in [0.3, 0.4) is 0 Å². The number of nitroso groups, excluding NO2 is 1. The van der Waals surface area contributed by atoms with Crippen LogP contribution in [0.1, 0.15) is 88.3 Å². The summed E-state index contributed by atoms with van der Waals surface area (Å²) in [6.45, 7) is 11.7. The van der Waals surface area contributed by atoms with E-state index in [1.807, 2.05) is 0 Å². The van der Waals surface area contributed by atoms with Gasteiger partial charge in [0.25, 0.3) is 0 Å². The molecule has 0 aromatic heterocycles. The van der Waals surface area contributed by atoms with Gasteiger partial charge in [-0.1, -0.05) is 50.7 Å². The van der Waals surface area contributed by atoms with Gasteiger partial charge in [-0.15, -0.1) is 0 Å². The molecule has 1 aromatic rings. The Labute approximate surface area is 175 Å². The smallest absolute Gasteiger partial charge is 0.114 e. The normalized spacial score (nSPS) is 40.0. The summed E-state index contributed by atoms with van der Waals surface area (Å²) in [5, 5.41) is 3.08. The van der Waals surface area contributed by atoms with Crippen molar-refractivity contribution in [2.45, 2.75) is 90.2 Å². The first-order valence-electron chi connectivity index (χ1n) is 11.6. The maximum atomic E-state index is 10.7. The molecule has 5 atom stereocenters. The summed E-state index contributed by atoms with van der Waals surface area (Å²) in [7, 11) is 0. The summed E-state index contributed by atoms with van der Waals surface area (Å²) in [6.07, 6.45) is 9.81. The van der Waals surface area contributed by atoms with Gasteiger partial charge in [0.15, 0.2) is 0 Å². The standard InChI is InChI=1S/C26H35NO2/c1-17-24(2,3)13-14-26(29-17)12-10-23-22-8-6-19-15-18(16-27-28)5-7-20(19)21(22)9-11-25(23,26)4/h5,7,15,21-23H,1,6,8-14,16H2,2-4H3/t21?,22?,23?,25-,26+/m0/s1. The number of fused-ring (bicyclic) bond motifs is 6. The summed E-state index contributed by atoms with van der Waals surface area (Å²) in [5.41, 5.74) is 4.46. The molecule has 3 nitrogen and oxygen atoms in total. The number of benzene rings is 1. The predicted octanol–water partition coefficient (Wildman–Crippen LogP) is 6.90. The molecule has 1 heterocycles. The van der Waals surface area contributed by atoms with Gasteiger partial charge < -0.3 is 4.74 Å². The van der Waals surface area contributed by atoms with Gasteiger partial charge in [0.05, 0.1) is 5.76 Å². The van der Waals surface area contributed by atoms with Crippen molar-refractivity contribution in [2.24, 2.45) is 27.8 Å². The van der Waals surface area contributed by atoms with E-state index >= 15 is 0 Å². The largest absolute Gasteiger partial charge is 0.491 e. The van der Waals surface area contributed by atoms with Crippen LogP contribution in [0.25, 0.3) is 0 Å². The molecule has 3 fully saturated rings. The second-order valence-electron chi connectivity index (χ2n) is 11.1. The molecule has 2 saturated carbocycles. The highest BCUT2D eigenvalue weighted by molar-refractivity contribution is 5.38. The maximum Gasteiger partial charge on any atom is 0.114 e. The lowest BCUT2D eigenvalue weighted by Gasteiger charge is -2.57. The Morgan fingerprint density at radius 1 is 1.10 bits per heavy atom. The fraction of sp³-hybridized carbons (Fsp3) is 0.692. The third-order valence-electron chi connectivity index (χ3n) is 9.55. The van der Waals surface area contributed by atoms with Crippen LogP contribution in [-0.2, 0) is 17.7 Å². The summed E-state index contributed by atoms with van der Waals surface area (Å²) < 4.78 is 6.78. The molecule has 3 unspecified atom stereocenters. The first-order valence-corrected chi connectivity index (χ1v) is 11.6. The molecule has 3 heteroatoms. The average molecular weight is 394 g/mol. The number of nitrogens with zero attached hydrogens (tertiary/aromatic N) is 1. The Bertz CT molecular complexity index is 858. The highest BCUT2D eigenvalue weighted by Gasteiger charge is 2.64. The van der Waals surface area contributed by atoms with Gasteiger partial charge in [0, 0.05) is 10.8 Å². The van der Waals surface area contributed by atoms with Crippen LogP contribution < -0.4 is 0 Å². The van der Waals surface area contributed by atoms with Crippen molar-refractivity contribution in [3.05, 3.63) is 52.1 Å². The summed E-state index contributed by atoms with van der Waals surface area (Å²) in [5.74, 6) is 3.20. The van der Waals surface area contributed by atoms with Crippen LogP contribution in [0.2, 0.25) is 0 Å². The maximum absolute atomic E-state index is 10.7. The third-order valence-corrected chi connectivity index (χ3v) is 9.55. The molecule has 0 radical (unpaired) electrons. The van der Waals surface area contributed by atoms with Crippen LogP contribution in [0.4, 0.5) is 0 Å². The monoisotopic (exact) mass is 393 g/mol. The number of hydrogen-bond acceptors (Lipinski definition) is 3. The van der Waals surface area contributed by atoms with E-state index in [4.69, 9.17) is 4.74 Å². The van der Waals surface area contributed by atoms with Gasteiger partial charge in [-0.3, -0.25) is 0 Å². The molecule has 3 aliphatic carbocycles. The molecular formula is C26H35NO2. The van der Waals surface area contributed by atoms with Gasteiger partial charge in [-0.25, -0.2) is 0 Å². The fourth-order valence-corrected chi connectivity index (χ4v) is 7.56. The zero-order valence-electron chi connectivity index (χ0n) is 18.3. The zero-order chi connectivity index (χ0) is 20.4. The lowest BCUT2D eigenvalue weighted by molar-refractivity contribution is -0.158. The van der Waals surface area contributed by atoms with E-state index in [9.17, 15) is 4.91 Å². The highest BCUT2D eigenvalue weighted by Crippen LogP contribution is 2.68. The molecule has 1 saturated heterocycles. The Kier molecular flexibility index (Phi) is 4.28. The van der Waals surface area contributed by atoms with Crippen molar-refractivity contribution in [3.63, 3.8) is 0 Å². The van der Waals surface area contributed by atoms with Gasteiger partial charge >= 0.3 is 0 Å². The van der Waals surface area contributed by atoms with Crippen molar-refractivity contribution in [1.29, 1.82) is 0 Å². The molecule has 1 aliphatic heterocycles. The molecule has 5 rings (SSSR count). The van der Waals surface area contributed by atoms with E-state index in [-0.39, 0.29) is 16.4 Å². The number of allylic oxidation sites excluding steroid dienone is 1. The fourth-order valence-electron chi connectivity index (χ4n) is 7.56.